The first-order valence-corrected chi connectivity index (χ1v) is 23.5. The van der Waals surface area contributed by atoms with Gasteiger partial charge in [0.1, 0.15) is 0 Å². The number of fused-ring (bicyclic) bond motifs is 5. The van der Waals surface area contributed by atoms with Gasteiger partial charge in [0.2, 0.25) is 5.28 Å². The van der Waals surface area contributed by atoms with E-state index in [0.29, 0.717) is 17.1 Å². The van der Waals surface area contributed by atoms with Crippen LogP contribution in [-0.2, 0) is 5.41 Å². The van der Waals surface area contributed by atoms with Crippen LogP contribution in [-0.4, -0.2) is 32.1 Å². The Labute approximate surface area is 412 Å². The lowest BCUT2D eigenvalue weighted by Gasteiger charge is -2.24. The van der Waals surface area contributed by atoms with Crippen LogP contribution in [0.3, 0.4) is 0 Å². The van der Waals surface area contributed by atoms with Crippen molar-refractivity contribution in [2.45, 2.75) is 19.3 Å². The highest BCUT2D eigenvalue weighted by Crippen LogP contribution is 2.53. The third kappa shape index (κ3) is 8.56. The summed E-state index contributed by atoms with van der Waals surface area (Å²) in [6.07, 6.45) is 0. The lowest BCUT2D eigenvalue weighted by atomic mass is 9.75. The van der Waals surface area contributed by atoms with Crippen LogP contribution in [0, 0.1) is 0 Å². The van der Waals surface area contributed by atoms with E-state index in [4.69, 9.17) is 11.6 Å². The average Bonchev–Trinajstić information content (AvgIpc) is 3.62. The fraction of sp³-hybridized carbons (Fsp3) is 0.0484. The molecule has 2 N–H and O–H groups in total. The molecule has 0 amide bonds. The second-order valence-electron chi connectivity index (χ2n) is 17.9. The maximum atomic E-state index is 9.89. The highest BCUT2D eigenvalue weighted by molar-refractivity contribution is 6.58. The van der Waals surface area contributed by atoms with E-state index in [9.17, 15) is 10.0 Å². The lowest BCUT2D eigenvalue weighted by molar-refractivity contribution is 0.425. The third-order valence-corrected chi connectivity index (χ3v) is 13.5. The van der Waals surface area contributed by atoms with Gasteiger partial charge >= 0.3 is 7.12 Å². The molecule has 0 atom stereocenters. The molecule has 12 rings (SSSR count). The Kier molecular flexibility index (Phi) is 12.5. The molecule has 0 saturated carbocycles. The van der Waals surface area contributed by atoms with Crippen molar-refractivity contribution in [1.82, 2.24) is 15.0 Å². The molecular weight excluding hydrogens is 884 g/mol. The normalized spacial score (nSPS) is 12.1. The predicted octanol–water partition coefficient (Wildman–Crippen LogP) is 14.7. The van der Waals surface area contributed by atoms with E-state index in [-0.39, 0.29) is 15.4 Å². The van der Waals surface area contributed by atoms with Gasteiger partial charge in [-0.15, -0.1) is 0 Å². The van der Waals surface area contributed by atoms with Crippen LogP contribution >= 0.6 is 11.6 Å². The summed E-state index contributed by atoms with van der Waals surface area (Å²) in [7, 11) is -1.49. The van der Waals surface area contributed by atoms with Gasteiger partial charge in [-0.05, 0) is 118 Å². The molecule has 0 fully saturated rings. The van der Waals surface area contributed by atoms with Gasteiger partial charge in [0.15, 0.2) is 11.6 Å². The van der Waals surface area contributed by atoms with Crippen molar-refractivity contribution in [2.75, 3.05) is 0 Å². The molecule has 0 radical (unpaired) electrons. The summed E-state index contributed by atoms with van der Waals surface area (Å²) in [6, 6.07) is 77.5. The van der Waals surface area contributed by atoms with Gasteiger partial charge in [-0.25, -0.2) is 4.98 Å². The predicted molar refractivity (Wildman–Crippen MR) is 289 cm³/mol. The molecule has 0 spiro atoms. The van der Waals surface area contributed by atoms with E-state index >= 15 is 0 Å². The molecule has 1 aliphatic rings. The Balaban J connectivity index is 0.000000163. The van der Waals surface area contributed by atoms with E-state index in [0.717, 1.165) is 33.4 Å². The number of aromatic nitrogens is 3. The second-order valence-corrected chi connectivity index (χ2v) is 18.3. The molecule has 0 aliphatic heterocycles. The molecule has 8 heteroatoms. The van der Waals surface area contributed by atoms with E-state index in [1.54, 1.807) is 0 Å². The van der Waals surface area contributed by atoms with E-state index in [1.165, 1.54) is 66.1 Å². The topological polar surface area (TPSA) is 79.1 Å². The Morgan fingerprint density at radius 1 is 0.371 bits per heavy atom. The van der Waals surface area contributed by atoms with Gasteiger partial charge in [0.05, 0.1) is 0 Å². The van der Waals surface area contributed by atoms with Crippen LogP contribution in [0.25, 0.3) is 100.0 Å². The number of hydrogen-bond donors (Lipinski definition) is 2. The van der Waals surface area contributed by atoms with E-state index in [1.807, 2.05) is 78.9 Å². The van der Waals surface area contributed by atoms with E-state index in [2.05, 4.69) is 174 Å². The Hall–Kier alpha value is -8.07. The van der Waals surface area contributed by atoms with Crippen LogP contribution in [0.15, 0.2) is 224 Å². The summed E-state index contributed by atoms with van der Waals surface area (Å²) in [4.78, 5) is 13.4. The fourth-order valence-electron chi connectivity index (χ4n) is 9.91. The summed E-state index contributed by atoms with van der Waals surface area (Å²) < 4.78 is 0. The van der Waals surface area contributed by atoms with Crippen LogP contribution in [0.1, 0.15) is 25.0 Å². The molecular formula is C62H46BClFN3O2. The van der Waals surface area contributed by atoms with Crippen molar-refractivity contribution in [2.24, 2.45) is 0 Å². The number of hydrogen-bond acceptors (Lipinski definition) is 5. The van der Waals surface area contributed by atoms with Crippen molar-refractivity contribution in [3.63, 3.8) is 0 Å². The van der Waals surface area contributed by atoms with Gasteiger partial charge in [-0.1, -0.05) is 226 Å². The van der Waals surface area contributed by atoms with Crippen molar-refractivity contribution in [1.29, 1.82) is 0 Å². The smallest absolute Gasteiger partial charge is 0.423 e. The minimum Gasteiger partial charge on any atom is -0.423 e. The standard InChI is InChI=1S/C35H27BO2.C27H18ClN3.FH/c1-35(2)31-19-24(36(37)38)17-18-25(31)28-20-29-30(21-32(28)35)34(23-13-7-4-8-14-23)27-16-10-9-15-26(27)33(29)22-11-5-3-6-12-22;28-27-30-25(23-15-11-21(12-16-23)19-7-3-1-4-8-19)29-26(31-27)24-17-13-22(14-18-24)20-9-5-2-6-10-20;/h3-21,37-38H,1-2H3;1-18H;1H. The van der Waals surface area contributed by atoms with Crippen LogP contribution < -0.4 is 5.46 Å². The zero-order chi connectivity index (χ0) is 47.1. The van der Waals surface area contributed by atoms with Gasteiger partial charge < -0.3 is 10.0 Å². The Morgan fingerprint density at radius 3 is 1.19 bits per heavy atom. The van der Waals surface area contributed by atoms with Gasteiger partial charge in [0.25, 0.3) is 0 Å². The molecule has 10 aromatic carbocycles. The quantitative estimate of drug-likeness (QED) is 0.123. The molecule has 338 valence electrons. The minimum atomic E-state index is -1.49. The Morgan fingerprint density at radius 2 is 0.743 bits per heavy atom. The molecule has 1 aromatic heterocycles. The van der Waals surface area contributed by atoms with Crippen molar-refractivity contribution >= 4 is 45.7 Å². The van der Waals surface area contributed by atoms with Crippen molar-refractivity contribution < 1.29 is 14.8 Å². The van der Waals surface area contributed by atoms with Crippen LogP contribution in [0.5, 0.6) is 0 Å². The molecule has 0 saturated heterocycles. The number of rotatable bonds is 7. The fourth-order valence-corrected chi connectivity index (χ4v) is 10.1. The SMILES string of the molecule is CC1(C)c2cc(B(O)O)ccc2-c2cc3c(-c4ccccc4)c4ccccc4c(-c4ccccc4)c3cc21.Clc1nc(-c2ccc(-c3ccccc3)cc2)nc(-c2ccc(-c3ccccc3)cc2)n1.F. The molecule has 1 heterocycles. The first kappa shape index (κ1) is 45.7. The minimum absolute atomic E-state index is 0. The van der Waals surface area contributed by atoms with Gasteiger partial charge in [-0.2, -0.15) is 9.97 Å². The molecule has 0 unspecified atom stereocenters. The number of nitrogens with zero attached hydrogens (tertiary/aromatic N) is 3. The molecule has 5 nitrogen and oxygen atoms in total. The largest absolute Gasteiger partial charge is 0.488 e. The molecule has 70 heavy (non-hydrogen) atoms. The summed E-state index contributed by atoms with van der Waals surface area (Å²) in [5.74, 6) is 1.11. The van der Waals surface area contributed by atoms with Gasteiger partial charge in [-0.3, -0.25) is 4.70 Å². The monoisotopic (exact) mass is 929 g/mol. The third-order valence-electron chi connectivity index (χ3n) is 13.4. The maximum Gasteiger partial charge on any atom is 0.488 e. The maximum absolute atomic E-state index is 9.89. The lowest BCUT2D eigenvalue weighted by Crippen LogP contribution is -2.31. The summed E-state index contributed by atoms with van der Waals surface area (Å²) in [5.41, 5.74) is 16.3. The van der Waals surface area contributed by atoms with Crippen LogP contribution in [0.4, 0.5) is 4.70 Å². The van der Waals surface area contributed by atoms with Crippen LogP contribution in [0.2, 0.25) is 5.28 Å². The summed E-state index contributed by atoms with van der Waals surface area (Å²) in [6.45, 7) is 4.47. The summed E-state index contributed by atoms with van der Waals surface area (Å²) in [5, 5.41) is 24.9. The summed E-state index contributed by atoms with van der Waals surface area (Å²) >= 11 is 6.24. The van der Waals surface area contributed by atoms with E-state index < -0.39 is 7.12 Å². The molecule has 0 bridgehead atoms. The zero-order valence-electron chi connectivity index (χ0n) is 38.5. The first-order chi connectivity index (χ1) is 33.7. The van der Waals surface area contributed by atoms with Crippen molar-refractivity contribution in [3.05, 3.63) is 241 Å². The zero-order valence-corrected chi connectivity index (χ0v) is 39.2. The first-order valence-electron chi connectivity index (χ1n) is 23.1. The average molecular weight is 930 g/mol. The molecule has 1 aliphatic carbocycles. The number of benzene rings is 10. The highest BCUT2D eigenvalue weighted by Gasteiger charge is 2.37. The van der Waals surface area contributed by atoms with Crippen molar-refractivity contribution in [3.8, 4) is 78.4 Å². The Bertz CT molecular complexity index is 3550. The number of halogens is 2. The second kappa shape index (κ2) is 19.1. The molecule has 11 aromatic rings. The van der Waals surface area contributed by atoms with Gasteiger partial charge in [0, 0.05) is 16.5 Å². The highest BCUT2D eigenvalue weighted by atomic mass is 35.5.